The van der Waals surface area contributed by atoms with Crippen LogP contribution in [0.2, 0.25) is 0 Å². The Morgan fingerprint density at radius 1 is 1.14 bits per heavy atom. The van der Waals surface area contributed by atoms with Crippen molar-refractivity contribution >= 4 is 0 Å². The van der Waals surface area contributed by atoms with Crippen LogP contribution in [-0.2, 0) is 0 Å². The molecule has 1 saturated carbocycles. The zero-order valence-corrected chi connectivity index (χ0v) is 13.0. The number of hydrogen-bond acceptors (Lipinski definition) is 2. The smallest absolute Gasteiger partial charge is 0.387 e. The minimum Gasteiger partial charge on any atom is -0.435 e. The quantitative estimate of drug-likeness (QED) is 0.845. The van der Waals surface area contributed by atoms with Crippen LogP contribution in [0.5, 0.6) is 5.75 Å². The normalized spacial score (nSPS) is 27.6. The molecule has 0 bridgehead atoms. The fourth-order valence-electron chi connectivity index (χ4n) is 3.17. The topological polar surface area (TPSA) is 21.3 Å². The molecule has 4 unspecified atom stereocenters. The Balaban J connectivity index is 1.95. The van der Waals surface area contributed by atoms with Crippen molar-refractivity contribution in [2.75, 3.05) is 0 Å². The minimum absolute atomic E-state index is 0.209. The van der Waals surface area contributed by atoms with E-state index in [0.717, 1.165) is 11.5 Å². The van der Waals surface area contributed by atoms with E-state index in [2.05, 4.69) is 30.8 Å². The van der Waals surface area contributed by atoms with Crippen LogP contribution in [0.3, 0.4) is 0 Å². The van der Waals surface area contributed by atoms with Crippen molar-refractivity contribution < 1.29 is 13.5 Å². The molecule has 0 aliphatic heterocycles. The molecule has 2 rings (SSSR count). The van der Waals surface area contributed by atoms with Gasteiger partial charge in [0.25, 0.3) is 0 Å². The van der Waals surface area contributed by atoms with E-state index < -0.39 is 6.61 Å². The summed E-state index contributed by atoms with van der Waals surface area (Å²) in [5.74, 6) is 1.63. The maximum absolute atomic E-state index is 12.1. The van der Waals surface area contributed by atoms with Crippen LogP contribution in [0.15, 0.2) is 24.3 Å². The van der Waals surface area contributed by atoms with E-state index in [1.807, 2.05) is 12.1 Å². The predicted molar refractivity (Wildman–Crippen MR) is 80.6 cm³/mol. The second kappa shape index (κ2) is 7.21. The molecule has 2 nitrogen and oxygen atoms in total. The van der Waals surface area contributed by atoms with E-state index in [1.165, 1.54) is 19.3 Å². The molecule has 21 heavy (non-hydrogen) atoms. The Morgan fingerprint density at radius 2 is 1.81 bits per heavy atom. The molecule has 4 atom stereocenters. The Hall–Kier alpha value is -1.16. The third-order valence-electron chi connectivity index (χ3n) is 4.78. The second-order valence-corrected chi connectivity index (χ2v) is 6.21. The minimum atomic E-state index is -2.77. The molecule has 0 radical (unpaired) electrons. The van der Waals surface area contributed by atoms with Gasteiger partial charge in [-0.25, -0.2) is 0 Å². The summed E-state index contributed by atoms with van der Waals surface area (Å²) >= 11 is 0. The summed E-state index contributed by atoms with van der Waals surface area (Å²) in [4.78, 5) is 0. The molecule has 0 saturated heterocycles. The number of halogens is 2. The van der Waals surface area contributed by atoms with Crippen molar-refractivity contribution in [1.82, 2.24) is 5.32 Å². The van der Waals surface area contributed by atoms with Gasteiger partial charge in [0, 0.05) is 12.1 Å². The first kappa shape index (κ1) is 16.2. The van der Waals surface area contributed by atoms with Gasteiger partial charge in [0.05, 0.1) is 0 Å². The largest absolute Gasteiger partial charge is 0.435 e. The molecule has 0 amide bonds. The van der Waals surface area contributed by atoms with E-state index in [-0.39, 0.29) is 11.8 Å². The van der Waals surface area contributed by atoms with E-state index in [0.29, 0.717) is 12.0 Å². The fourth-order valence-corrected chi connectivity index (χ4v) is 3.17. The first-order valence-corrected chi connectivity index (χ1v) is 7.78. The summed E-state index contributed by atoms with van der Waals surface area (Å²) in [6.07, 6.45) is 3.80. The maximum atomic E-state index is 12.1. The predicted octanol–water partition coefficient (Wildman–Crippen LogP) is 4.76. The molecule has 4 heteroatoms. The van der Waals surface area contributed by atoms with Gasteiger partial charge in [0.1, 0.15) is 5.75 Å². The molecule has 0 spiro atoms. The lowest BCUT2D eigenvalue weighted by Gasteiger charge is -2.36. The average molecular weight is 297 g/mol. The highest BCUT2D eigenvalue weighted by Gasteiger charge is 2.27. The Bertz CT molecular complexity index is 435. The van der Waals surface area contributed by atoms with E-state index >= 15 is 0 Å². The SMILES string of the molecule is CC(NC1CCCC(C)C1C)c1ccc(OC(F)F)cc1. The zero-order valence-electron chi connectivity index (χ0n) is 13.0. The number of hydrogen-bond donors (Lipinski definition) is 1. The van der Waals surface area contributed by atoms with Crippen LogP contribution >= 0.6 is 0 Å². The van der Waals surface area contributed by atoms with Gasteiger partial charge < -0.3 is 10.1 Å². The Morgan fingerprint density at radius 3 is 2.43 bits per heavy atom. The number of benzene rings is 1. The van der Waals surface area contributed by atoms with Gasteiger partial charge in [-0.2, -0.15) is 8.78 Å². The molecule has 1 aromatic carbocycles. The Kier molecular flexibility index (Phi) is 5.57. The number of alkyl halides is 2. The fraction of sp³-hybridized carbons (Fsp3) is 0.647. The van der Waals surface area contributed by atoms with Gasteiger partial charge in [-0.05, 0) is 42.9 Å². The highest BCUT2D eigenvalue weighted by atomic mass is 19.3. The van der Waals surface area contributed by atoms with Crippen molar-refractivity contribution in [3.8, 4) is 5.75 Å². The first-order valence-electron chi connectivity index (χ1n) is 7.78. The lowest BCUT2D eigenvalue weighted by molar-refractivity contribution is -0.0498. The van der Waals surface area contributed by atoms with Crippen LogP contribution in [0, 0.1) is 11.8 Å². The lowest BCUT2D eigenvalue weighted by atomic mass is 9.77. The van der Waals surface area contributed by atoms with Crippen LogP contribution < -0.4 is 10.1 Å². The van der Waals surface area contributed by atoms with Crippen LogP contribution in [0.1, 0.15) is 51.6 Å². The van der Waals surface area contributed by atoms with Gasteiger partial charge in [-0.1, -0.05) is 38.8 Å². The standard InChI is InChI=1S/C17H25F2NO/c1-11-5-4-6-16(12(11)2)20-13(3)14-7-9-15(10-8-14)21-17(18)19/h7-13,16-17,20H,4-6H2,1-3H3. The summed E-state index contributed by atoms with van der Waals surface area (Å²) in [7, 11) is 0. The van der Waals surface area contributed by atoms with Gasteiger partial charge in [-0.15, -0.1) is 0 Å². The molecule has 118 valence electrons. The summed E-state index contributed by atoms with van der Waals surface area (Å²) < 4.78 is 28.6. The molecule has 1 aliphatic carbocycles. The molecule has 0 heterocycles. The van der Waals surface area contributed by atoms with Crippen molar-refractivity contribution in [2.45, 2.75) is 58.7 Å². The second-order valence-electron chi connectivity index (χ2n) is 6.21. The number of nitrogens with one attached hydrogen (secondary N) is 1. The van der Waals surface area contributed by atoms with Crippen molar-refractivity contribution in [2.24, 2.45) is 11.8 Å². The van der Waals surface area contributed by atoms with Gasteiger partial charge in [0.15, 0.2) is 0 Å². The van der Waals surface area contributed by atoms with Crippen molar-refractivity contribution in [1.29, 1.82) is 0 Å². The summed E-state index contributed by atoms with van der Waals surface area (Å²) in [5.41, 5.74) is 1.10. The molecule has 1 fully saturated rings. The highest BCUT2D eigenvalue weighted by Crippen LogP contribution is 2.31. The van der Waals surface area contributed by atoms with E-state index in [1.54, 1.807) is 12.1 Å². The third kappa shape index (κ3) is 4.40. The molecule has 0 aromatic heterocycles. The number of ether oxygens (including phenoxy) is 1. The van der Waals surface area contributed by atoms with Crippen LogP contribution in [0.4, 0.5) is 8.78 Å². The monoisotopic (exact) mass is 297 g/mol. The van der Waals surface area contributed by atoms with E-state index in [4.69, 9.17) is 0 Å². The summed E-state index contributed by atoms with van der Waals surface area (Å²) in [6, 6.07) is 7.65. The number of rotatable bonds is 5. The average Bonchev–Trinajstić information content (AvgIpc) is 2.44. The molecule has 1 N–H and O–H groups in total. The summed E-state index contributed by atoms with van der Waals surface area (Å²) in [5, 5.41) is 3.69. The molecular weight excluding hydrogens is 272 g/mol. The van der Waals surface area contributed by atoms with Gasteiger partial charge >= 0.3 is 6.61 Å². The van der Waals surface area contributed by atoms with Crippen LogP contribution in [0.25, 0.3) is 0 Å². The van der Waals surface area contributed by atoms with Crippen molar-refractivity contribution in [3.05, 3.63) is 29.8 Å². The van der Waals surface area contributed by atoms with Gasteiger partial charge in [-0.3, -0.25) is 0 Å². The molecule has 1 aromatic rings. The lowest BCUT2D eigenvalue weighted by Crippen LogP contribution is -2.41. The maximum Gasteiger partial charge on any atom is 0.387 e. The molecular formula is C17H25F2NO. The third-order valence-corrected chi connectivity index (χ3v) is 4.78. The van der Waals surface area contributed by atoms with E-state index in [9.17, 15) is 8.78 Å². The van der Waals surface area contributed by atoms with Crippen LogP contribution in [-0.4, -0.2) is 12.7 Å². The van der Waals surface area contributed by atoms with Crippen molar-refractivity contribution in [3.63, 3.8) is 0 Å². The molecule has 1 aliphatic rings. The highest BCUT2D eigenvalue weighted by molar-refractivity contribution is 5.29. The summed E-state index contributed by atoms with van der Waals surface area (Å²) in [6.45, 7) is 3.98. The zero-order chi connectivity index (χ0) is 15.4. The Labute approximate surface area is 125 Å². The first-order chi connectivity index (χ1) is 9.97. The van der Waals surface area contributed by atoms with Gasteiger partial charge in [0.2, 0.25) is 0 Å².